The number of halogens is 2. The summed E-state index contributed by atoms with van der Waals surface area (Å²) in [5.74, 6) is 0.364. The standard InChI is InChI=1S/C14H15F2NO3/c1-19-11-7-10(14(17-8-18)4-3-5-14)12(20-2)6-9(11)13(15)16/h6-7,13H,3-5H2,1-2H3. The van der Waals surface area contributed by atoms with Gasteiger partial charge in [0.15, 0.2) is 0 Å². The van der Waals surface area contributed by atoms with Crippen LogP contribution in [0.3, 0.4) is 0 Å². The van der Waals surface area contributed by atoms with Crippen LogP contribution in [0.4, 0.5) is 8.78 Å². The molecule has 1 aromatic carbocycles. The molecule has 0 aromatic heterocycles. The van der Waals surface area contributed by atoms with Crippen LogP contribution in [0.25, 0.3) is 0 Å². The monoisotopic (exact) mass is 283 g/mol. The highest BCUT2D eigenvalue weighted by molar-refractivity contribution is 5.52. The molecule has 0 heterocycles. The molecular formula is C14H15F2NO3. The van der Waals surface area contributed by atoms with Crippen LogP contribution < -0.4 is 9.47 Å². The molecule has 1 saturated carbocycles. The first kappa shape index (κ1) is 14.5. The number of ether oxygens (including phenoxy) is 2. The van der Waals surface area contributed by atoms with Crippen molar-refractivity contribution in [3.05, 3.63) is 23.3 Å². The van der Waals surface area contributed by atoms with Crippen molar-refractivity contribution in [2.75, 3.05) is 14.2 Å². The lowest BCUT2D eigenvalue weighted by Gasteiger charge is -2.38. The largest absolute Gasteiger partial charge is 0.496 e. The summed E-state index contributed by atoms with van der Waals surface area (Å²) < 4.78 is 36.2. The second-order valence-corrected chi connectivity index (χ2v) is 4.68. The van der Waals surface area contributed by atoms with Crippen LogP contribution in [0.2, 0.25) is 0 Å². The molecule has 1 aromatic rings. The highest BCUT2D eigenvalue weighted by atomic mass is 19.3. The van der Waals surface area contributed by atoms with E-state index in [9.17, 15) is 13.6 Å². The van der Waals surface area contributed by atoms with Crippen LogP contribution in [-0.2, 0) is 10.3 Å². The molecule has 0 aliphatic heterocycles. The third-order valence-electron chi connectivity index (χ3n) is 3.73. The van der Waals surface area contributed by atoms with E-state index in [0.29, 0.717) is 24.2 Å². The Bertz CT molecular complexity index is 550. The van der Waals surface area contributed by atoms with Crippen LogP contribution in [0, 0.1) is 0 Å². The first-order valence-electron chi connectivity index (χ1n) is 6.21. The van der Waals surface area contributed by atoms with Crippen LogP contribution in [0.15, 0.2) is 17.1 Å². The van der Waals surface area contributed by atoms with Gasteiger partial charge in [0, 0.05) is 5.56 Å². The van der Waals surface area contributed by atoms with Crippen molar-refractivity contribution < 1.29 is 23.0 Å². The predicted molar refractivity (Wildman–Crippen MR) is 68.2 cm³/mol. The fourth-order valence-corrected chi connectivity index (χ4v) is 2.50. The summed E-state index contributed by atoms with van der Waals surface area (Å²) in [6, 6.07) is 2.74. The number of hydrogen-bond acceptors (Lipinski definition) is 4. The number of isocyanates is 1. The second-order valence-electron chi connectivity index (χ2n) is 4.68. The van der Waals surface area contributed by atoms with E-state index in [0.717, 1.165) is 6.42 Å². The molecule has 4 nitrogen and oxygen atoms in total. The molecule has 1 aliphatic rings. The van der Waals surface area contributed by atoms with Crippen LogP contribution in [-0.4, -0.2) is 20.3 Å². The van der Waals surface area contributed by atoms with Crippen molar-refractivity contribution in [2.45, 2.75) is 31.2 Å². The number of benzene rings is 1. The normalized spacial score (nSPS) is 16.2. The Morgan fingerprint density at radius 2 is 1.90 bits per heavy atom. The Labute approximate surface area is 115 Å². The van der Waals surface area contributed by atoms with Gasteiger partial charge in [0.25, 0.3) is 6.43 Å². The highest BCUT2D eigenvalue weighted by Crippen LogP contribution is 2.50. The zero-order valence-electron chi connectivity index (χ0n) is 11.3. The number of nitrogens with zero attached hydrogens (tertiary/aromatic N) is 1. The van der Waals surface area contributed by atoms with Crippen molar-refractivity contribution in [1.29, 1.82) is 0 Å². The predicted octanol–water partition coefficient (Wildman–Crippen LogP) is 3.36. The molecule has 0 radical (unpaired) electrons. The lowest BCUT2D eigenvalue weighted by Crippen LogP contribution is -2.32. The SMILES string of the molecule is COc1cc(C2(N=C=O)CCC2)c(OC)cc1C(F)F. The molecule has 0 amide bonds. The van der Waals surface area contributed by atoms with Gasteiger partial charge in [0.2, 0.25) is 6.08 Å². The van der Waals surface area contributed by atoms with E-state index in [4.69, 9.17) is 9.47 Å². The molecule has 0 spiro atoms. The van der Waals surface area contributed by atoms with E-state index in [-0.39, 0.29) is 11.3 Å². The summed E-state index contributed by atoms with van der Waals surface area (Å²) in [6.45, 7) is 0. The first-order valence-corrected chi connectivity index (χ1v) is 6.21. The number of aliphatic imine (C=N–C) groups is 1. The molecular weight excluding hydrogens is 268 g/mol. The summed E-state index contributed by atoms with van der Waals surface area (Å²) in [5, 5.41) is 0. The Hall–Kier alpha value is -1.94. The maximum Gasteiger partial charge on any atom is 0.267 e. The molecule has 0 bridgehead atoms. The van der Waals surface area contributed by atoms with Gasteiger partial charge < -0.3 is 9.47 Å². The Balaban J connectivity index is 2.60. The molecule has 1 aliphatic carbocycles. The van der Waals surface area contributed by atoms with E-state index >= 15 is 0 Å². The van der Waals surface area contributed by atoms with Gasteiger partial charge in [-0.2, -0.15) is 4.99 Å². The van der Waals surface area contributed by atoms with Crippen LogP contribution in [0.5, 0.6) is 11.5 Å². The number of hydrogen-bond donors (Lipinski definition) is 0. The van der Waals surface area contributed by atoms with Gasteiger partial charge >= 0.3 is 0 Å². The topological polar surface area (TPSA) is 47.9 Å². The first-order chi connectivity index (χ1) is 9.57. The maximum atomic E-state index is 13.0. The lowest BCUT2D eigenvalue weighted by molar-refractivity contribution is 0.146. The van der Waals surface area contributed by atoms with Gasteiger partial charge in [-0.3, -0.25) is 0 Å². The van der Waals surface area contributed by atoms with Gasteiger partial charge in [-0.1, -0.05) is 0 Å². The minimum atomic E-state index is -2.67. The van der Waals surface area contributed by atoms with E-state index in [1.54, 1.807) is 6.08 Å². The molecule has 0 N–H and O–H groups in total. The van der Waals surface area contributed by atoms with Crippen molar-refractivity contribution >= 4 is 6.08 Å². The van der Waals surface area contributed by atoms with E-state index in [2.05, 4.69) is 4.99 Å². The summed E-state index contributed by atoms with van der Waals surface area (Å²) in [4.78, 5) is 14.5. The van der Waals surface area contributed by atoms with Gasteiger partial charge in [-0.15, -0.1) is 0 Å². The number of methoxy groups -OCH3 is 2. The van der Waals surface area contributed by atoms with Gasteiger partial charge in [-0.05, 0) is 31.4 Å². The minimum absolute atomic E-state index is 0.0724. The van der Waals surface area contributed by atoms with Gasteiger partial charge in [-0.25, -0.2) is 13.6 Å². The fraction of sp³-hybridized carbons (Fsp3) is 0.500. The molecule has 0 saturated heterocycles. The summed E-state index contributed by atoms with van der Waals surface area (Å²) in [6.07, 6.45) is 1.13. The molecule has 0 unspecified atom stereocenters. The molecule has 0 atom stereocenters. The molecule has 6 heteroatoms. The quantitative estimate of drug-likeness (QED) is 0.615. The van der Waals surface area contributed by atoms with E-state index in [1.807, 2.05) is 0 Å². The van der Waals surface area contributed by atoms with E-state index < -0.39 is 12.0 Å². The Morgan fingerprint density at radius 3 is 2.30 bits per heavy atom. The van der Waals surface area contributed by atoms with Crippen LogP contribution in [0.1, 0.15) is 36.8 Å². The van der Waals surface area contributed by atoms with Gasteiger partial charge in [0.1, 0.15) is 17.0 Å². The average molecular weight is 283 g/mol. The fourth-order valence-electron chi connectivity index (χ4n) is 2.50. The summed E-state index contributed by atoms with van der Waals surface area (Å²) in [7, 11) is 2.73. The van der Waals surface area contributed by atoms with Crippen molar-refractivity contribution in [3.8, 4) is 11.5 Å². The number of rotatable bonds is 5. The minimum Gasteiger partial charge on any atom is -0.496 e. The highest BCUT2D eigenvalue weighted by Gasteiger charge is 2.42. The third kappa shape index (κ3) is 2.27. The van der Waals surface area contributed by atoms with Crippen LogP contribution >= 0.6 is 0 Å². The Kier molecular flexibility index (Phi) is 4.04. The average Bonchev–Trinajstić information content (AvgIpc) is 2.41. The summed E-state index contributed by atoms with van der Waals surface area (Å²) >= 11 is 0. The lowest BCUT2D eigenvalue weighted by atomic mass is 9.72. The number of alkyl halides is 2. The van der Waals surface area contributed by atoms with Crippen molar-refractivity contribution in [3.63, 3.8) is 0 Å². The van der Waals surface area contributed by atoms with E-state index in [1.165, 1.54) is 26.4 Å². The molecule has 108 valence electrons. The smallest absolute Gasteiger partial charge is 0.267 e. The van der Waals surface area contributed by atoms with Crippen molar-refractivity contribution in [2.24, 2.45) is 4.99 Å². The second kappa shape index (κ2) is 5.59. The molecule has 2 rings (SSSR count). The maximum absolute atomic E-state index is 13.0. The van der Waals surface area contributed by atoms with Gasteiger partial charge in [0.05, 0.1) is 19.8 Å². The zero-order chi connectivity index (χ0) is 14.8. The Morgan fingerprint density at radius 1 is 1.25 bits per heavy atom. The zero-order valence-corrected chi connectivity index (χ0v) is 11.3. The number of carbonyl (C=O) groups excluding carboxylic acids is 1. The molecule has 20 heavy (non-hydrogen) atoms. The molecule has 1 fully saturated rings. The van der Waals surface area contributed by atoms with Crippen molar-refractivity contribution in [1.82, 2.24) is 0 Å². The third-order valence-corrected chi connectivity index (χ3v) is 3.73. The summed E-state index contributed by atoms with van der Waals surface area (Å²) in [5.41, 5.74) is -0.366.